The van der Waals surface area contributed by atoms with E-state index in [0.717, 1.165) is 10.9 Å². The van der Waals surface area contributed by atoms with Crippen molar-refractivity contribution in [2.75, 3.05) is 5.12 Å². The quantitative estimate of drug-likeness (QED) is 0.244. The van der Waals surface area contributed by atoms with Gasteiger partial charge in [0.15, 0.2) is 12.0 Å². The molecule has 0 atom stereocenters. The van der Waals surface area contributed by atoms with E-state index in [4.69, 9.17) is 10.3 Å². The van der Waals surface area contributed by atoms with Crippen LogP contribution in [0.25, 0.3) is 11.5 Å². The smallest absolute Gasteiger partial charge is 0.399 e. The first-order valence-corrected chi connectivity index (χ1v) is 6.95. The van der Waals surface area contributed by atoms with Gasteiger partial charge in [-0.25, -0.2) is 5.84 Å². The highest BCUT2D eigenvalue weighted by Crippen LogP contribution is 2.26. The molecule has 0 radical (unpaired) electrons. The lowest BCUT2D eigenvalue weighted by molar-refractivity contribution is -0.401. The predicted molar refractivity (Wildman–Crippen MR) is 85.1 cm³/mol. The molecule has 3 aromatic rings. The average molecular weight is 341 g/mol. The van der Waals surface area contributed by atoms with Crippen LogP contribution in [0.4, 0.5) is 5.88 Å². The van der Waals surface area contributed by atoms with Gasteiger partial charge in [-0.05, 0) is 18.2 Å². The fourth-order valence-corrected chi connectivity index (χ4v) is 2.12. The van der Waals surface area contributed by atoms with Crippen molar-refractivity contribution in [2.24, 2.45) is 5.84 Å². The van der Waals surface area contributed by atoms with E-state index in [0.29, 0.717) is 17.0 Å². The van der Waals surface area contributed by atoms with Gasteiger partial charge in [0.2, 0.25) is 0 Å². The Morgan fingerprint density at radius 3 is 2.60 bits per heavy atom. The standard InChI is InChI=1S/C15H11N5O5/c16-19(15(22)10-4-2-1-3-5-10)18-8-11(9-21)14(17-18)12-6-7-13(25-12)20(23)24/h1-9H,16H2. The number of hydrogen-bond acceptors (Lipinski definition) is 7. The van der Waals surface area contributed by atoms with E-state index in [1.807, 2.05) is 0 Å². The fraction of sp³-hybridized carbons (Fsp3) is 0. The van der Waals surface area contributed by atoms with Gasteiger partial charge in [0.05, 0.1) is 17.8 Å². The summed E-state index contributed by atoms with van der Waals surface area (Å²) in [5.74, 6) is 4.72. The Hall–Kier alpha value is -3.79. The Bertz CT molecular complexity index is 946. The average Bonchev–Trinajstić information content (AvgIpc) is 3.27. The van der Waals surface area contributed by atoms with Crippen molar-refractivity contribution in [1.29, 1.82) is 0 Å². The van der Waals surface area contributed by atoms with Crippen LogP contribution in [0.5, 0.6) is 0 Å². The number of nitrogens with zero attached hydrogens (tertiary/aromatic N) is 4. The lowest BCUT2D eigenvalue weighted by Crippen LogP contribution is -2.46. The topological polar surface area (TPSA) is 138 Å². The first-order chi connectivity index (χ1) is 12.0. The summed E-state index contributed by atoms with van der Waals surface area (Å²) >= 11 is 0. The van der Waals surface area contributed by atoms with Gasteiger partial charge in [-0.1, -0.05) is 18.2 Å². The SMILES string of the molecule is NN(C(=O)c1ccccc1)n1cc(C=O)c(-c2ccc([N+](=O)[O-])o2)n1. The molecule has 2 N–H and O–H groups in total. The molecular weight excluding hydrogens is 330 g/mol. The van der Waals surface area contributed by atoms with Gasteiger partial charge in [-0.15, -0.1) is 5.10 Å². The molecule has 0 aliphatic heterocycles. The fourth-order valence-electron chi connectivity index (χ4n) is 2.12. The second kappa shape index (κ2) is 6.37. The number of aldehydes is 1. The molecule has 0 saturated carbocycles. The Kier molecular flexibility index (Phi) is 4.10. The van der Waals surface area contributed by atoms with Crippen LogP contribution in [0.15, 0.2) is 53.1 Å². The number of nitrogens with two attached hydrogens (primary N) is 1. The molecule has 3 rings (SSSR count). The number of hydrazine groups is 1. The number of aromatic nitrogens is 2. The summed E-state index contributed by atoms with van der Waals surface area (Å²) in [5.41, 5.74) is 0.406. The van der Waals surface area contributed by atoms with Crippen molar-refractivity contribution in [3.05, 3.63) is 69.9 Å². The molecular formula is C15H11N5O5. The minimum absolute atomic E-state index is 0.00751. The van der Waals surface area contributed by atoms with Crippen molar-refractivity contribution in [3.8, 4) is 11.5 Å². The predicted octanol–water partition coefficient (Wildman–Crippen LogP) is 1.52. The van der Waals surface area contributed by atoms with Crippen LogP contribution in [0, 0.1) is 10.1 Å². The molecule has 0 bridgehead atoms. The maximum atomic E-state index is 12.3. The van der Waals surface area contributed by atoms with Crippen molar-refractivity contribution < 1.29 is 18.9 Å². The summed E-state index contributed by atoms with van der Waals surface area (Å²) in [4.78, 5) is 34.5. The van der Waals surface area contributed by atoms with Crippen molar-refractivity contribution >= 4 is 18.1 Å². The minimum Gasteiger partial charge on any atom is -0.399 e. The summed E-state index contributed by atoms with van der Waals surface area (Å²) in [5, 5.41) is 15.4. The van der Waals surface area contributed by atoms with E-state index >= 15 is 0 Å². The van der Waals surface area contributed by atoms with E-state index in [9.17, 15) is 19.7 Å². The zero-order valence-electron chi connectivity index (χ0n) is 12.6. The summed E-state index contributed by atoms with van der Waals surface area (Å²) in [7, 11) is 0. The lowest BCUT2D eigenvalue weighted by Gasteiger charge is -2.15. The molecule has 0 saturated heterocycles. The molecule has 10 heteroatoms. The molecule has 1 aromatic carbocycles. The third-order valence-electron chi connectivity index (χ3n) is 3.31. The number of furan rings is 1. The summed E-state index contributed by atoms with van der Waals surface area (Å²) in [6.07, 6.45) is 1.70. The van der Waals surface area contributed by atoms with Crippen LogP contribution in [-0.4, -0.2) is 27.0 Å². The first-order valence-electron chi connectivity index (χ1n) is 6.95. The normalized spacial score (nSPS) is 10.4. The van der Waals surface area contributed by atoms with Gasteiger partial charge >= 0.3 is 5.88 Å². The number of carbonyl (C=O) groups is 2. The highest BCUT2D eigenvalue weighted by molar-refractivity contribution is 6.00. The van der Waals surface area contributed by atoms with Gasteiger partial charge in [-0.2, -0.15) is 9.91 Å². The molecule has 25 heavy (non-hydrogen) atoms. The number of amides is 1. The molecule has 1 amide bonds. The van der Waals surface area contributed by atoms with E-state index < -0.39 is 16.7 Å². The van der Waals surface area contributed by atoms with Gasteiger partial charge in [0.1, 0.15) is 10.6 Å². The second-order valence-electron chi connectivity index (χ2n) is 4.88. The Balaban J connectivity index is 1.96. The maximum absolute atomic E-state index is 12.3. The Morgan fingerprint density at radius 2 is 2.00 bits per heavy atom. The Labute approximate surface area is 140 Å². The van der Waals surface area contributed by atoms with Gasteiger partial charge in [-0.3, -0.25) is 19.7 Å². The van der Waals surface area contributed by atoms with Crippen LogP contribution < -0.4 is 11.0 Å². The number of rotatable bonds is 5. The van der Waals surface area contributed by atoms with E-state index in [1.54, 1.807) is 30.3 Å². The van der Waals surface area contributed by atoms with Crippen LogP contribution in [0.2, 0.25) is 0 Å². The zero-order valence-corrected chi connectivity index (χ0v) is 12.6. The molecule has 2 heterocycles. The molecule has 0 unspecified atom stereocenters. The van der Waals surface area contributed by atoms with Gasteiger partial charge < -0.3 is 4.42 Å². The second-order valence-corrected chi connectivity index (χ2v) is 4.88. The summed E-state index contributed by atoms with van der Waals surface area (Å²) < 4.78 is 5.03. The number of nitro groups is 1. The van der Waals surface area contributed by atoms with E-state index in [2.05, 4.69) is 5.10 Å². The highest BCUT2D eigenvalue weighted by atomic mass is 16.6. The maximum Gasteiger partial charge on any atom is 0.433 e. The molecule has 0 spiro atoms. The van der Waals surface area contributed by atoms with Crippen LogP contribution in [-0.2, 0) is 0 Å². The van der Waals surface area contributed by atoms with Crippen molar-refractivity contribution in [1.82, 2.24) is 9.89 Å². The monoisotopic (exact) mass is 341 g/mol. The number of benzene rings is 1. The van der Waals surface area contributed by atoms with E-state index in [-0.39, 0.29) is 17.0 Å². The van der Waals surface area contributed by atoms with Crippen LogP contribution >= 0.6 is 0 Å². The molecule has 126 valence electrons. The third kappa shape index (κ3) is 3.01. The van der Waals surface area contributed by atoms with Gasteiger partial charge in [0, 0.05) is 5.56 Å². The lowest BCUT2D eigenvalue weighted by atomic mass is 10.2. The first kappa shape index (κ1) is 16.1. The minimum atomic E-state index is -0.713. The zero-order chi connectivity index (χ0) is 18.0. The largest absolute Gasteiger partial charge is 0.433 e. The van der Waals surface area contributed by atoms with E-state index in [1.165, 1.54) is 12.3 Å². The molecule has 10 nitrogen and oxygen atoms in total. The van der Waals surface area contributed by atoms with Gasteiger partial charge in [0.25, 0.3) is 5.91 Å². The van der Waals surface area contributed by atoms with Crippen LogP contribution in [0.3, 0.4) is 0 Å². The Morgan fingerprint density at radius 1 is 1.28 bits per heavy atom. The molecule has 0 aliphatic rings. The van der Waals surface area contributed by atoms with Crippen molar-refractivity contribution in [2.45, 2.75) is 0 Å². The number of carbonyl (C=O) groups excluding carboxylic acids is 2. The van der Waals surface area contributed by atoms with Crippen LogP contribution in [0.1, 0.15) is 20.7 Å². The number of hydrogen-bond donors (Lipinski definition) is 1. The molecule has 2 aromatic heterocycles. The highest BCUT2D eigenvalue weighted by Gasteiger charge is 2.22. The summed E-state index contributed by atoms with van der Waals surface area (Å²) in [6, 6.07) is 10.7. The molecule has 0 fully saturated rings. The summed E-state index contributed by atoms with van der Waals surface area (Å²) in [6.45, 7) is 0. The molecule has 0 aliphatic carbocycles. The van der Waals surface area contributed by atoms with Crippen molar-refractivity contribution in [3.63, 3.8) is 0 Å². The third-order valence-corrected chi connectivity index (χ3v) is 3.31.